The molecule has 2 aliphatic rings. The quantitative estimate of drug-likeness (QED) is 0.574. The van der Waals surface area contributed by atoms with E-state index >= 15 is 0 Å². The van der Waals surface area contributed by atoms with Crippen molar-refractivity contribution in [2.75, 3.05) is 0 Å². The minimum absolute atomic E-state index is 0.0394. The molecule has 0 aromatic heterocycles. The van der Waals surface area contributed by atoms with Gasteiger partial charge in [-0.3, -0.25) is 4.79 Å². The van der Waals surface area contributed by atoms with Crippen LogP contribution in [0.4, 0.5) is 0 Å². The fourth-order valence-corrected chi connectivity index (χ4v) is 2.55. The summed E-state index contributed by atoms with van der Waals surface area (Å²) in [5.41, 5.74) is 2.20. The zero-order chi connectivity index (χ0) is 9.59. The molecule has 0 amide bonds. The van der Waals surface area contributed by atoms with Crippen LogP contribution in [-0.2, 0) is 9.53 Å². The molecule has 0 spiro atoms. The first-order valence-electron chi connectivity index (χ1n) is 4.66. The summed E-state index contributed by atoms with van der Waals surface area (Å²) < 4.78 is 5.28. The summed E-state index contributed by atoms with van der Waals surface area (Å²) in [4.78, 5) is 10.9. The van der Waals surface area contributed by atoms with Crippen molar-refractivity contribution in [3.05, 3.63) is 24.3 Å². The number of fused-ring (bicyclic) bond motifs is 2. The lowest BCUT2D eigenvalue weighted by Gasteiger charge is -2.14. The fraction of sp³-hybridized carbons (Fsp3) is 0.545. The summed E-state index contributed by atoms with van der Waals surface area (Å²) in [7, 11) is 0. The third kappa shape index (κ3) is 1.12. The van der Waals surface area contributed by atoms with Crippen LogP contribution in [0.5, 0.6) is 0 Å². The van der Waals surface area contributed by atoms with Crippen molar-refractivity contribution in [1.82, 2.24) is 0 Å². The number of hydrogen-bond acceptors (Lipinski definition) is 2. The maximum Gasteiger partial charge on any atom is 0.302 e. The van der Waals surface area contributed by atoms with Crippen LogP contribution >= 0.6 is 0 Å². The van der Waals surface area contributed by atoms with Gasteiger partial charge in [0.1, 0.15) is 6.10 Å². The summed E-state index contributed by atoms with van der Waals surface area (Å²) in [6, 6.07) is 0. The van der Waals surface area contributed by atoms with Crippen molar-refractivity contribution in [3.63, 3.8) is 0 Å². The zero-order valence-corrected chi connectivity index (χ0v) is 7.88. The molecule has 0 heterocycles. The second-order valence-corrected chi connectivity index (χ2v) is 3.91. The van der Waals surface area contributed by atoms with E-state index in [1.54, 1.807) is 0 Å². The third-order valence-corrected chi connectivity index (χ3v) is 3.19. The molecule has 0 saturated heterocycles. The smallest absolute Gasteiger partial charge is 0.302 e. The average molecular weight is 178 g/mol. The Kier molecular flexibility index (Phi) is 1.79. The summed E-state index contributed by atoms with van der Waals surface area (Å²) in [5.74, 6) is 0.507. The Morgan fingerprint density at radius 3 is 2.15 bits per heavy atom. The van der Waals surface area contributed by atoms with Crippen molar-refractivity contribution in [1.29, 1.82) is 0 Å². The molecule has 13 heavy (non-hydrogen) atoms. The van der Waals surface area contributed by atoms with Gasteiger partial charge in [0.15, 0.2) is 0 Å². The Balaban J connectivity index is 2.19. The van der Waals surface area contributed by atoms with Gasteiger partial charge < -0.3 is 4.74 Å². The van der Waals surface area contributed by atoms with Gasteiger partial charge in [-0.1, -0.05) is 13.2 Å². The van der Waals surface area contributed by atoms with Crippen LogP contribution in [0.2, 0.25) is 0 Å². The van der Waals surface area contributed by atoms with Crippen LogP contribution in [0.3, 0.4) is 0 Å². The minimum atomic E-state index is -0.190. The molecular weight excluding hydrogens is 164 g/mol. The molecule has 2 fully saturated rings. The van der Waals surface area contributed by atoms with Gasteiger partial charge in [0.05, 0.1) is 0 Å². The Labute approximate surface area is 78.3 Å². The molecule has 0 N–H and O–H groups in total. The minimum Gasteiger partial charge on any atom is -0.461 e. The SMILES string of the molecule is C=C1C(=C)C2CCC1C2OC(C)=O. The highest BCUT2D eigenvalue weighted by molar-refractivity contribution is 5.66. The van der Waals surface area contributed by atoms with Crippen LogP contribution in [0, 0.1) is 11.8 Å². The molecule has 2 aliphatic carbocycles. The van der Waals surface area contributed by atoms with E-state index in [0.29, 0.717) is 11.8 Å². The Morgan fingerprint density at radius 2 is 1.77 bits per heavy atom. The molecule has 0 radical (unpaired) electrons. The lowest BCUT2D eigenvalue weighted by molar-refractivity contribution is -0.148. The van der Waals surface area contributed by atoms with Gasteiger partial charge in [-0.05, 0) is 24.0 Å². The number of carbonyl (C=O) groups excluding carboxylic acids is 1. The van der Waals surface area contributed by atoms with E-state index in [2.05, 4.69) is 13.2 Å². The molecule has 2 heteroatoms. The Hall–Kier alpha value is -1.05. The molecular formula is C11H14O2. The predicted molar refractivity (Wildman–Crippen MR) is 50.0 cm³/mol. The highest BCUT2D eigenvalue weighted by Gasteiger charge is 2.48. The van der Waals surface area contributed by atoms with Gasteiger partial charge in [-0.2, -0.15) is 0 Å². The van der Waals surface area contributed by atoms with Crippen molar-refractivity contribution < 1.29 is 9.53 Å². The third-order valence-electron chi connectivity index (χ3n) is 3.19. The first-order chi connectivity index (χ1) is 6.11. The normalized spacial score (nSPS) is 36.8. The van der Waals surface area contributed by atoms with Gasteiger partial charge >= 0.3 is 5.97 Å². The van der Waals surface area contributed by atoms with Crippen molar-refractivity contribution >= 4 is 5.97 Å². The summed E-state index contributed by atoms with van der Waals surface area (Å²) in [6.45, 7) is 9.43. The van der Waals surface area contributed by atoms with Crippen molar-refractivity contribution in [3.8, 4) is 0 Å². The number of esters is 1. The first kappa shape index (κ1) is 8.54. The average Bonchev–Trinajstić information content (AvgIpc) is 2.51. The van der Waals surface area contributed by atoms with E-state index in [0.717, 1.165) is 24.0 Å². The van der Waals surface area contributed by atoms with Crippen molar-refractivity contribution in [2.45, 2.75) is 25.9 Å². The second kappa shape index (κ2) is 2.72. The van der Waals surface area contributed by atoms with Crippen LogP contribution < -0.4 is 0 Å². The predicted octanol–water partition coefficient (Wildman–Crippen LogP) is 2.07. The topological polar surface area (TPSA) is 26.3 Å². The van der Waals surface area contributed by atoms with Gasteiger partial charge in [-0.15, -0.1) is 0 Å². The molecule has 70 valence electrons. The monoisotopic (exact) mass is 178 g/mol. The lowest BCUT2D eigenvalue weighted by Crippen LogP contribution is -2.21. The number of rotatable bonds is 1. The Morgan fingerprint density at radius 1 is 1.31 bits per heavy atom. The molecule has 2 atom stereocenters. The molecule has 2 saturated carbocycles. The van der Waals surface area contributed by atoms with Gasteiger partial charge in [0, 0.05) is 18.8 Å². The van der Waals surface area contributed by atoms with Crippen molar-refractivity contribution in [2.24, 2.45) is 11.8 Å². The van der Waals surface area contributed by atoms with Gasteiger partial charge in [0.2, 0.25) is 0 Å². The highest BCUT2D eigenvalue weighted by Crippen LogP contribution is 2.51. The van der Waals surface area contributed by atoms with E-state index in [1.807, 2.05) is 0 Å². The van der Waals surface area contributed by atoms with Crippen LogP contribution in [0.1, 0.15) is 19.8 Å². The number of hydrogen-bond donors (Lipinski definition) is 0. The summed E-state index contributed by atoms with van der Waals surface area (Å²) in [6.07, 6.45) is 2.23. The molecule has 0 aromatic carbocycles. The van der Waals surface area contributed by atoms with E-state index < -0.39 is 0 Å². The Bertz CT molecular complexity index is 268. The fourth-order valence-electron chi connectivity index (χ4n) is 2.55. The van der Waals surface area contributed by atoms with E-state index in [-0.39, 0.29) is 12.1 Å². The van der Waals surface area contributed by atoms with Gasteiger partial charge in [-0.25, -0.2) is 0 Å². The second-order valence-electron chi connectivity index (χ2n) is 3.91. The first-order valence-corrected chi connectivity index (χ1v) is 4.66. The van der Waals surface area contributed by atoms with E-state index in [9.17, 15) is 4.79 Å². The zero-order valence-electron chi connectivity index (χ0n) is 7.88. The summed E-state index contributed by atoms with van der Waals surface area (Å²) >= 11 is 0. The maximum absolute atomic E-state index is 10.9. The maximum atomic E-state index is 10.9. The summed E-state index contributed by atoms with van der Waals surface area (Å²) in [5, 5.41) is 0. The standard InChI is InChI=1S/C11H14O2/c1-6-7(2)10-5-4-9(6)11(10)13-8(3)12/h9-11H,1-2,4-5H2,3H3. The lowest BCUT2D eigenvalue weighted by atomic mass is 9.92. The largest absolute Gasteiger partial charge is 0.461 e. The molecule has 0 aromatic rings. The molecule has 0 aliphatic heterocycles. The molecule has 2 bridgehead atoms. The number of ether oxygens (including phenoxy) is 1. The number of carbonyl (C=O) groups is 1. The van der Waals surface area contributed by atoms with Crippen LogP contribution in [-0.4, -0.2) is 12.1 Å². The van der Waals surface area contributed by atoms with Gasteiger partial charge in [0.25, 0.3) is 0 Å². The molecule has 2 nitrogen and oxygen atoms in total. The van der Waals surface area contributed by atoms with Crippen LogP contribution in [0.25, 0.3) is 0 Å². The molecule has 2 unspecified atom stereocenters. The van der Waals surface area contributed by atoms with E-state index in [1.165, 1.54) is 6.92 Å². The van der Waals surface area contributed by atoms with E-state index in [4.69, 9.17) is 4.74 Å². The molecule has 2 rings (SSSR count). The highest BCUT2D eigenvalue weighted by atomic mass is 16.5. The van der Waals surface area contributed by atoms with Crippen LogP contribution in [0.15, 0.2) is 24.3 Å².